The van der Waals surface area contributed by atoms with Crippen LogP contribution in [0.2, 0.25) is 0 Å². The molecule has 0 aromatic carbocycles. The van der Waals surface area contributed by atoms with Crippen LogP contribution in [0.1, 0.15) is 68.5 Å². The largest absolute Gasteiger partial charge is 0.504 e. The number of rotatable bonds is 8. The van der Waals surface area contributed by atoms with Crippen molar-refractivity contribution in [3.05, 3.63) is 63.8 Å². The van der Waals surface area contributed by atoms with E-state index in [9.17, 15) is 19.8 Å². The topological polar surface area (TPSA) is 136 Å². The summed E-state index contributed by atoms with van der Waals surface area (Å²) in [4.78, 5) is 34.3. The summed E-state index contributed by atoms with van der Waals surface area (Å²) >= 11 is 0. The Hall–Kier alpha value is -3.30. The van der Waals surface area contributed by atoms with Crippen LogP contribution in [-0.4, -0.2) is 74.3 Å². The van der Waals surface area contributed by atoms with Crippen molar-refractivity contribution in [2.45, 2.75) is 65.8 Å². The van der Waals surface area contributed by atoms with Gasteiger partial charge in [-0.3, -0.25) is 14.5 Å². The third-order valence-electron chi connectivity index (χ3n) is 8.36. The number of carbonyl (C=O) groups excluding carboxylic acids is 1. The van der Waals surface area contributed by atoms with E-state index < -0.39 is 18.4 Å². The van der Waals surface area contributed by atoms with Gasteiger partial charge < -0.3 is 20.6 Å². The Morgan fingerprint density at radius 1 is 1.18 bits per heavy atom. The van der Waals surface area contributed by atoms with Crippen LogP contribution in [0.4, 0.5) is 0 Å². The van der Waals surface area contributed by atoms with Crippen LogP contribution >= 0.6 is 0 Å². The van der Waals surface area contributed by atoms with Gasteiger partial charge in [-0.2, -0.15) is 0 Å². The number of nitrogens with zero attached hydrogens (tertiary/aromatic N) is 3. The number of hydrogen-bond donors (Lipinski definition) is 4. The average molecular weight is 537 g/mol. The van der Waals surface area contributed by atoms with Crippen LogP contribution in [-0.2, 0) is 11.2 Å². The van der Waals surface area contributed by atoms with Crippen LogP contribution in [0.15, 0.2) is 46.6 Å². The molecule has 1 aliphatic heterocycles. The van der Waals surface area contributed by atoms with E-state index in [0.717, 1.165) is 44.3 Å². The number of amides is 1. The molecule has 1 amide bonds. The van der Waals surface area contributed by atoms with Crippen LogP contribution in [0.3, 0.4) is 0 Å². The molecule has 9 nitrogen and oxygen atoms in total. The third-order valence-corrected chi connectivity index (χ3v) is 8.36. The summed E-state index contributed by atoms with van der Waals surface area (Å²) < 4.78 is 0. The van der Waals surface area contributed by atoms with Gasteiger partial charge in [0.05, 0.1) is 12.3 Å². The summed E-state index contributed by atoms with van der Waals surface area (Å²) in [7, 11) is 0. The van der Waals surface area contributed by atoms with E-state index >= 15 is 0 Å². The molecule has 1 saturated heterocycles. The Morgan fingerprint density at radius 2 is 1.90 bits per heavy atom. The lowest BCUT2D eigenvalue weighted by Gasteiger charge is -2.40. The molecule has 210 valence electrons. The molecule has 1 aromatic rings. The Bertz CT molecular complexity index is 1260. The zero-order valence-corrected chi connectivity index (χ0v) is 23.3. The number of aliphatic hydroxyl groups is 1. The zero-order chi connectivity index (χ0) is 28.3. The summed E-state index contributed by atoms with van der Waals surface area (Å²) in [5, 5.41) is 30.9. The van der Waals surface area contributed by atoms with Crippen LogP contribution in [0.25, 0.3) is 0 Å². The number of likely N-dealkylation sites (tertiary alicyclic amines) is 1. The highest BCUT2D eigenvalue weighted by molar-refractivity contribution is 5.96. The number of aliphatic hydroxyl groups excluding tert-OH is 1. The molecule has 1 aromatic heterocycles. The number of piperidine rings is 1. The van der Waals surface area contributed by atoms with E-state index in [1.165, 1.54) is 16.7 Å². The molecule has 0 saturated carbocycles. The second kappa shape index (κ2) is 11.8. The molecule has 1 fully saturated rings. The molecule has 4 rings (SSSR count). The molecule has 0 radical (unpaired) electrons. The number of allylic oxidation sites excluding steroid dienone is 4. The summed E-state index contributed by atoms with van der Waals surface area (Å²) in [5.41, 5.74) is 5.06. The van der Waals surface area contributed by atoms with Crippen LogP contribution in [0, 0.1) is 18.3 Å². The van der Waals surface area contributed by atoms with E-state index in [4.69, 9.17) is 5.11 Å². The average Bonchev–Trinajstić information content (AvgIpc) is 2.89. The highest BCUT2D eigenvalue weighted by atomic mass is 16.4. The molecule has 2 aliphatic carbocycles. The van der Waals surface area contributed by atoms with E-state index in [-0.39, 0.29) is 23.5 Å². The van der Waals surface area contributed by atoms with Crippen LogP contribution in [0.5, 0.6) is 5.75 Å². The minimum absolute atomic E-state index is 0.0487. The van der Waals surface area contributed by atoms with Gasteiger partial charge >= 0.3 is 5.97 Å². The maximum absolute atomic E-state index is 12.3. The number of aromatic nitrogens is 2. The van der Waals surface area contributed by atoms with E-state index in [1.807, 2.05) is 0 Å². The minimum Gasteiger partial charge on any atom is -0.504 e. The zero-order valence-electron chi connectivity index (χ0n) is 23.3. The van der Waals surface area contributed by atoms with E-state index in [1.54, 1.807) is 6.92 Å². The van der Waals surface area contributed by atoms with Crippen molar-refractivity contribution in [2.24, 2.45) is 11.3 Å². The van der Waals surface area contributed by atoms with Gasteiger partial charge in [0.25, 0.3) is 5.91 Å². The quantitative estimate of drug-likeness (QED) is 0.397. The molecular weight excluding hydrogens is 496 g/mol. The Balaban J connectivity index is 1.35. The fourth-order valence-electron chi connectivity index (χ4n) is 6.17. The number of carbonyl (C=O) groups is 2. The SMILES string of the molecule is CC1=CC(N2CCC(Cc3nc(C)c(O)c(C(=O)NCC(=O)O)n3)CC2)CC=C1[C@]1(C)C=CC(CO)=C(C)C1. The highest BCUT2D eigenvalue weighted by Gasteiger charge is 2.34. The first-order chi connectivity index (χ1) is 18.5. The molecular formula is C30H40N4O5. The van der Waals surface area contributed by atoms with Gasteiger partial charge in [0.15, 0.2) is 11.4 Å². The van der Waals surface area contributed by atoms with Gasteiger partial charge in [-0.1, -0.05) is 36.8 Å². The summed E-state index contributed by atoms with van der Waals surface area (Å²) in [6.07, 6.45) is 13.6. The van der Waals surface area contributed by atoms with Crippen LogP contribution < -0.4 is 5.32 Å². The molecule has 0 bridgehead atoms. The van der Waals surface area contributed by atoms with Gasteiger partial charge in [-0.05, 0) is 82.2 Å². The Kier molecular flexibility index (Phi) is 8.71. The molecule has 4 N–H and O–H groups in total. The minimum atomic E-state index is -1.17. The van der Waals surface area contributed by atoms with E-state index in [0.29, 0.717) is 29.9 Å². The number of hydrogen-bond acceptors (Lipinski definition) is 7. The van der Waals surface area contributed by atoms with Crippen molar-refractivity contribution in [2.75, 3.05) is 26.2 Å². The lowest BCUT2D eigenvalue weighted by atomic mass is 9.69. The number of carboxylic acid groups (broad SMARTS) is 1. The Morgan fingerprint density at radius 3 is 2.51 bits per heavy atom. The molecule has 1 unspecified atom stereocenters. The molecule has 2 atom stereocenters. The molecule has 9 heteroatoms. The maximum Gasteiger partial charge on any atom is 0.322 e. The number of aryl methyl sites for hydroxylation is 1. The molecule has 0 spiro atoms. The van der Waals surface area contributed by atoms with Crippen molar-refractivity contribution in [3.8, 4) is 5.75 Å². The lowest BCUT2D eigenvalue weighted by Crippen LogP contribution is -2.42. The number of nitrogens with one attached hydrogen (secondary N) is 1. The fourth-order valence-corrected chi connectivity index (χ4v) is 6.17. The van der Waals surface area contributed by atoms with Crippen molar-refractivity contribution in [3.63, 3.8) is 0 Å². The van der Waals surface area contributed by atoms with Gasteiger partial charge in [0.2, 0.25) is 0 Å². The van der Waals surface area contributed by atoms with Crippen molar-refractivity contribution < 1.29 is 24.9 Å². The number of carboxylic acids is 1. The first-order valence-electron chi connectivity index (χ1n) is 13.7. The summed E-state index contributed by atoms with van der Waals surface area (Å²) in [5.74, 6) is -1.35. The standard InChI is InChI=1S/C30H40N4O5/c1-18-13-23(5-6-24(18)30(4)10-7-22(17-35)19(2)15-30)34-11-8-21(9-12-34)14-25-32-20(3)28(38)27(33-25)29(39)31-16-26(36)37/h6-7,10,13,21,23,35,38H,5,8-9,11-12,14-17H2,1-4H3,(H,31,39)(H,36,37)/t23?,30-/m1/s1. The molecule has 39 heavy (non-hydrogen) atoms. The first kappa shape index (κ1) is 28.7. The highest BCUT2D eigenvalue weighted by Crippen LogP contribution is 2.44. The van der Waals surface area contributed by atoms with Gasteiger partial charge in [-0.15, -0.1) is 0 Å². The van der Waals surface area contributed by atoms with E-state index in [2.05, 4.69) is 65.3 Å². The first-order valence-corrected chi connectivity index (χ1v) is 13.7. The maximum atomic E-state index is 12.3. The lowest BCUT2D eigenvalue weighted by molar-refractivity contribution is -0.135. The predicted octanol–water partition coefficient (Wildman–Crippen LogP) is 3.48. The fraction of sp³-hybridized carbons (Fsp3) is 0.533. The second-order valence-corrected chi connectivity index (χ2v) is 11.3. The van der Waals surface area contributed by atoms with Gasteiger partial charge in [-0.25, -0.2) is 9.97 Å². The summed E-state index contributed by atoms with van der Waals surface area (Å²) in [6.45, 7) is 9.69. The third kappa shape index (κ3) is 6.47. The monoisotopic (exact) mass is 536 g/mol. The predicted molar refractivity (Wildman–Crippen MR) is 148 cm³/mol. The molecule has 2 heterocycles. The second-order valence-electron chi connectivity index (χ2n) is 11.3. The normalized spacial score (nSPS) is 24.4. The molecule has 3 aliphatic rings. The van der Waals surface area contributed by atoms with Gasteiger partial charge in [0.1, 0.15) is 12.4 Å². The van der Waals surface area contributed by atoms with Gasteiger partial charge in [0, 0.05) is 17.9 Å². The number of aromatic hydroxyl groups is 1. The van der Waals surface area contributed by atoms with Crippen molar-refractivity contribution >= 4 is 11.9 Å². The van der Waals surface area contributed by atoms with Crippen molar-refractivity contribution in [1.29, 1.82) is 0 Å². The smallest absolute Gasteiger partial charge is 0.322 e. The summed E-state index contributed by atoms with van der Waals surface area (Å²) in [6, 6.07) is 0.368. The number of aliphatic carboxylic acids is 1. The Labute approximate surface area is 230 Å². The van der Waals surface area contributed by atoms with Crippen molar-refractivity contribution in [1.82, 2.24) is 20.2 Å².